The zero-order chi connectivity index (χ0) is 32.5. The van der Waals surface area contributed by atoms with E-state index in [1.54, 1.807) is 0 Å². The molecule has 0 aliphatic heterocycles. The maximum atomic E-state index is 13.9. The highest BCUT2D eigenvalue weighted by Gasteiger charge is 2.33. The lowest BCUT2D eigenvalue weighted by molar-refractivity contribution is -0.141. The largest absolute Gasteiger partial charge is 0.416 e. The third kappa shape index (κ3) is 10.7. The summed E-state index contributed by atoms with van der Waals surface area (Å²) in [6, 6.07) is 19.9. The Morgan fingerprint density at radius 1 is 0.932 bits per heavy atom. The quantitative estimate of drug-likeness (QED) is 0.211. The minimum atomic E-state index is -4.65. The number of anilines is 1. The summed E-state index contributed by atoms with van der Waals surface area (Å²) in [4.78, 5) is 28.9. The summed E-state index contributed by atoms with van der Waals surface area (Å²) in [6.07, 6.45) is -3.61. The van der Waals surface area contributed by atoms with E-state index in [4.69, 9.17) is 0 Å². The lowest BCUT2D eigenvalue weighted by Gasteiger charge is -2.32. The molecule has 2 amide bonds. The van der Waals surface area contributed by atoms with Crippen LogP contribution in [0.4, 0.5) is 18.9 Å². The van der Waals surface area contributed by atoms with Crippen LogP contribution in [-0.2, 0) is 38.8 Å². The molecule has 238 valence electrons. The third-order valence-electron chi connectivity index (χ3n) is 6.81. The van der Waals surface area contributed by atoms with Crippen molar-refractivity contribution in [2.45, 2.75) is 51.9 Å². The van der Waals surface area contributed by atoms with Crippen LogP contribution in [0.2, 0.25) is 0 Å². The van der Waals surface area contributed by atoms with Gasteiger partial charge in [-0.1, -0.05) is 78.3 Å². The Labute approximate surface area is 265 Å². The van der Waals surface area contributed by atoms with Crippen molar-refractivity contribution >= 4 is 43.5 Å². The van der Waals surface area contributed by atoms with Gasteiger partial charge in [0.1, 0.15) is 6.04 Å². The average Bonchev–Trinajstić information content (AvgIpc) is 2.95. The maximum absolute atomic E-state index is 13.9. The minimum Gasteiger partial charge on any atom is -0.354 e. The first kappa shape index (κ1) is 35.1. The first-order valence-corrected chi connectivity index (χ1v) is 16.8. The van der Waals surface area contributed by atoms with Crippen molar-refractivity contribution in [1.82, 2.24) is 10.2 Å². The van der Waals surface area contributed by atoms with Crippen molar-refractivity contribution in [3.05, 3.63) is 100 Å². The molecule has 0 unspecified atom stereocenters. The number of benzene rings is 3. The van der Waals surface area contributed by atoms with E-state index in [1.807, 2.05) is 68.4 Å². The average molecular weight is 697 g/mol. The molecule has 1 N–H and O–H groups in total. The molecule has 3 aromatic carbocycles. The number of carbonyl (C=O) groups excluding carboxylic acids is 2. The molecule has 0 saturated heterocycles. The highest BCUT2D eigenvalue weighted by molar-refractivity contribution is 9.10. The Morgan fingerprint density at radius 3 is 2.20 bits per heavy atom. The molecular weight excluding hydrogens is 659 g/mol. The van der Waals surface area contributed by atoms with Gasteiger partial charge in [-0.3, -0.25) is 13.9 Å². The number of nitrogens with one attached hydrogen (secondary N) is 1. The number of sulfonamides is 1. The molecule has 0 saturated carbocycles. The van der Waals surface area contributed by atoms with Gasteiger partial charge < -0.3 is 10.2 Å². The van der Waals surface area contributed by atoms with Crippen LogP contribution < -0.4 is 9.62 Å². The van der Waals surface area contributed by atoms with Crippen molar-refractivity contribution < 1.29 is 31.2 Å². The van der Waals surface area contributed by atoms with Gasteiger partial charge in [0.05, 0.1) is 17.5 Å². The van der Waals surface area contributed by atoms with Crippen LogP contribution >= 0.6 is 15.9 Å². The van der Waals surface area contributed by atoms with Crippen molar-refractivity contribution in [3.8, 4) is 0 Å². The topological polar surface area (TPSA) is 86.8 Å². The fourth-order valence-electron chi connectivity index (χ4n) is 4.65. The van der Waals surface area contributed by atoms with Gasteiger partial charge in [-0.15, -0.1) is 0 Å². The lowest BCUT2D eigenvalue weighted by atomic mass is 10.0. The van der Waals surface area contributed by atoms with Gasteiger partial charge in [0.25, 0.3) is 0 Å². The van der Waals surface area contributed by atoms with Gasteiger partial charge in [-0.05, 0) is 53.8 Å². The van der Waals surface area contributed by atoms with Crippen molar-refractivity contribution in [3.63, 3.8) is 0 Å². The van der Waals surface area contributed by atoms with Crippen LogP contribution in [0.3, 0.4) is 0 Å². The molecule has 3 rings (SSSR count). The van der Waals surface area contributed by atoms with Gasteiger partial charge in [0, 0.05) is 36.9 Å². The van der Waals surface area contributed by atoms with E-state index in [0.29, 0.717) is 6.54 Å². The highest BCUT2D eigenvalue weighted by Crippen LogP contribution is 2.32. The summed E-state index contributed by atoms with van der Waals surface area (Å²) in [5, 5.41) is 2.95. The van der Waals surface area contributed by atoms with Crippen molar-refractivity contribution in [2.75, 3.05) is 23.7 Å². The molecule has 0 radical (unpaired) electrons. The van der Waals surface area contributed by atoms with Crippen LogP contribution in [0.5, 0.6) is 0 Å². The normalized spacial score (nSPS) is 12.5. The molecule has 1 atom stereocenters. The van der Waals surface area contributed by atoms with E-state index < -0.39 is 27.8 Å². The van der Waals surface area contributed by atoms with Gasteiger partial charge in [-0.2, -0.15) is 13.2 Å². The Bertz CT molecular complexity index is 1520. The zero-order valence-electron chi connectivity index (χ0n) is 24.9. The number of halogens is 4. The molecule has 7 nitrogen and oxygen atoms in total. The second-order valence-electron chi connectivity index (χ2n) is 11.0. The second kappa shape index (κ2) is 15.6. The number of carbonyl (C=O) groups is 2. The maximum Gasteiger partial charge on any atom is 0.416 e. The molecule has 3 aromatic rings. The molecule has 44 heavy (non-hydrogen) atoms. The van der Waals surface area contributed by atoms with E-state index in [2.05, 4.69) is 21.2 Å². The summed E-state index contributed by atoms with van der Waals surface area (Å²) in [7, 11) is -3.97. The number of nitrogens with zero attached hydrogens (tertiary/aromatic N) is 2. The molecule has 0 aromatic heterocycles. The molecule has 0 spiro atoms. The predicted octanol–water partition coefficient (Wildman–Crippen LogP) is 6.43. The van der Waals surface area contributed by atoms with E-state index in [1.165, 1.54) is 11.0 Å². The molecule has 12 heteroatoms. The summed E-state index contributed by atoms with van der Waals surface area (Å²) in [5.74, 6) is -0.515. The highest BCUT2D eigenvalue weighted by atomic mass is 79.9. The molecule has 0 heterocycles. The minimum absolute atomic E-state index is 0.0167. The number of hydrogen-bond donors (Lipinski definition) is 1. The number of alkyl halides is 3. The monoisotopic (exact) mass is 695 g/mol. The third-order valence-corrected chi connectivity index (χ3v) is 8.50. The van der Waals surface area contributed by atoms with Crippen LogP contribution in [0.1, 0.15) is 43.4 Å². The summed E-state index contributed by atoms with van der Waals surface area (Å²) >= 11 is 3.45. The predicted molar refractivity (Wildman–Crippen MR) is 169 cm³/mol. The van der Waals surface area contributed by atoms with Crippen molar-refractivity contribution in [2.24, 2.45) is 5.92 Å². The van der Waals surface area contributed by atoms with Crippen LogP contribution in [0.25, 0.3) is 0 Å². The number of hydrogen-bond acceptors (Lipinski definition) is 4. The SMILES string of the molecule is CC(C)CNC(=O)[C@@H](Cc1ccccc1)N(Cc1cccc(Br)c1)C(=O)CCCN(c1cccc(C(F)(F)F)c1)S(C)(=O)=O. The van der Waals surface area contributed by atoms with Crippen LogP contribution in [-0.4, -0.2) is 50.5 Å². The standard InChI is InChI=1S/C32H37BrF3N3O4S/c1-23(2)21-37-31(41)29(19-24-10-5-4-6-11-24)38(22-25-12-7-14-27(33)18-25)30(40)16-9-17-39(44(3,42)43)28-15-8-13-26(20-28)32(34,35)36/h4-8,10-15,18,20,23,29H,9,16-17,19,21-22H2,1-3H3,(H,37,41)/t29-/m1/s1. The summed E-state index contributed by atoms with van der Waals surface area (Å²) in [6.45, 7) is 4.25. The fraction of sp³-hybridized carbons (Fsp3) is 0.375. The second-order valence-corrected chi connectivity index (χ2v) is 13.8. The summed E-state index contributed by atoms with van der Waals surface area (Å²) in [5.41, 5.74) is 0.521. The molecular formula is C32H37BrF3N3O4S. The Kier molecular flexibility index (Phi) is 12.4. The van der Waals surface area contributed by atoms with Crippen LogP contribution in [0, 0.1) is 5.92 Å². The fourth-order valence-corrected chi connectivity index (χ4v) is 6.05. The van der Waals surface area contributed by atoms with E-state index in [0.717, 1.165) is 44.4 Å². The van der Waals surface area contributed by atoms with Crippen LogP contribution in [0.15, 0.2) is 83.3 Å². The smallest absolute Gasteiger partial charge is 0.354 e. The molecule has 0 aliphatic carbocycles. The van der Waals surface area contributed by atoms with Gasteiger partial charge in [-0.25, -0.2) is 8.42 Å². The van der Waals surface area contributed by atoms with E-state index >= 15 is 0 Å². The van der Waals surface area contributed by atoms with Gasteiger partial charge in [0.15, 0.2) is 0 Å². The molecule has 0 fully saturated rings. The first-order chi connectivity index (χ1) is 20.6. The molecule has 0 aliphatic rings. The first-order valence-electron chi connectivity index (χ1n) is 14.2. The Morgan fingerprint density at radius 2 is 1.59 bits per heavy atom. The van der Waals surface area contributed by atoms with E-state index in [9.17, 15) is 31.2 Å². The van der Waals surface area contributed by atoms with Gasteiger partial charge >= 0.3 is 6.18 Å². The van der Waals surface area contributed by atoms with E-state index in [-0.39, 0.29) is 55.8 Å². The van der Waals surface area contributed by atoms with Gasteiger partial charge in [0.2, 0.25) is 21.8 Å². The number of amides is 2. The van der Waals surface area contributed by atoms with Crippen molar-refractivity contribution in [1.29, 1.82) is 0 Å². The number of rotatable bonds is 14. The Balaban J connectivity index is 1.90. The Hall–Kier alpha value is -3.38. The zero-order valence-corrected chi connectivity index (χ0v) is 27.3. The lowest BCUT2D eigenvalue weighted by Crippen LogP contribution is -2.51. The summed E-state index contributed by atoms with van der Waals surface area (Å²) < 4.78 is 66.8. The molecule has 0 bridgehead atoms.